The van der Waals surface area contributed by atoms with Gasteiger partial charge in [-0.05, 0) is 5.21 Å². The number of carbonyl (C=O) groups is 1. The van der Waals surface area contributed by atoms with Crippen LogP contribution in [0.15, 0.2) is 0 Å². The number of carbonyl (C=O) groups excluding carboxylic acids is 1. The van der Waals surface area contributed by atoms with Gasteiger partial charge >= 0.3 is 0 Å². The number of aromatic nitrogens is 4. The van der Waals surface area contributed by atoms with Gasteiger partial charge in [0.2, 0.25) is 6.41 Å². The molecule has 6 heteroatoms. The second-order valence-electron chi connectivity index (χ2n) is 0.998. The number of nitrogens with one attached hydrogen (secondary N) is 2. The molecule has 0 bridgehead atoms. The summed E-state index contributed by atoms with van der Waals surface area (Å²) in [5, 5.41) is 14.4. The van der Waals surface area contributed by atoms with Crippen molar-refractivity contribution in [2.75, 3.05) is 5.32 Å². The molecule has 1 rings (SSSR count). The van der Waals surface area contributed by atoms with Crippen LogP contribution in [-0.2, 0) is 4.79 Å². The van der Waals surface area contributed by atoms with Crippen LogP contribution in [0, 0.1) is 0 Å². The number of hydrogen-bond acceptors (Lipinski definition) is 4. The van der Waals surface area contributed by atoms with E-state index in [2.05, 4.69) is 25.9 Å². The van der Waals surface area contributed by atoms with E-state index in [4.69, 9.17) is 0 Å². The Balaban J connectivity index is 2.62. The average molecular weight is 113 g/mol. The second-order valence-corrected chi connectivity index (χ2v) is 0.998. The van der Waals surface area contributed by atoms with Crippen molar-refractivity contribution in [2.24, 2.45) is 0 Å². The summed E-state index contributed by atoms with van der Waals surface area (Å²) >= 11 is 0. The molecular formula is C2H3N5O. The summed E-state index contributed by atoms with van der Waals surface area (Å²) in [4.78, 5) is 9.64. The number of rotatable bonds is 2. The largest absolute Gasteiger partial charge is 0.295 e. The Morgan fingerprint density at radius 1 is 1.75 bits per heavy atom. The van der Waals surface area contributed by atoms with Crippen LogP contribution in [0.5, 0.6) is 0 Å². The molecule has 0 aromatic carbocycles. The van der Waals surface area contributed by atoms with Crippen LogP contribution < -0.4 is 5.32 Å². The lowest BCUT2D eigenvalue weighted by Crippen LogP contribution is -1.94. The smallest absolute Gasteiger partial charge is 0.269 e. The number of tetrazole rings is 1. The fourth-order valence-corrected chi connectivity index (χ4v) is 0.276. The molecule has 0 saturated heterocycles. The number of amides is 1. The Labute approximate surface area is 44.3 Å². The van der Waals surface area contributed by atoms with E-state index in [1.54, 1.807) is 0 Å². The Morgan fingerprint density at radius 3 is 3.12 bits per heavy atom. The van der Waals surface area contributed by atoms with Crippen molar-refractivity contribution in [1.29, 1.82) is 0 Å². The quantitative estimate of drug-likeness (QED) is 0.470. The van der Waals surface area contributed by atoms with Gasteiger partial charge in [-0.2, -0.15) is 5.21 Å². The van der Waals surface area contributed by atoms with Crippen molar-refractivity contribution in [3.05, 3.63) is 0 Å². The van der Waals surface area contributed by atoms with Crippen LogP contribution in [-0.4, -0.2) is 27.0 Å². The van der Waals surface area contributed by atoms with Crippen molar-refractivity contribution in [1.82, 2.24) is 20.6 Å². The molecule has 0 unspecified atom stereocenters. The third-order valence-corrected chi connectivity index (χ3v) is 0.533. The van der Waals surface area contributed by atoms with Gasteiger partial charge in [-0.1, -0.05) is 5.10 Å². The molecule has 0 aliphatic carbocycles. The summed E-state index contributed by atoms with van der Waals surface area (Å²) in [6.45, 7) is 0. The normalized spacial score (nSPS) is 8.50. The number of H-pyrrole nitrogens is 1. The maximum Gasteiger partial charge on any atom is 0.269 e. The van der Waals surface area contributed by atoms with Gasteiger partial charge in [-0.15, -0.1) is 5.10 Å². The van der Waals surface area contributed by atoms with Crippen molar-refractivity contribution in [3.63, 3.8) is 0 Å². The van der Waals surface area contributed by atoms with E-state index >= 15 is 0 Å². The first-order valence-corrected chi connectivity index (χ1v) is 1.87. The predicted molar refractivity (Wildman–Crippen MR) is 23.9 cm³/mol. The molecule has 0 radical (unpaired) electrons. The lowest BCUT2D eigenvalue weighted by Gasteiger charge is -1.79. The highest BCUT2D eigenvalue weighted by Crippen LogP contribution is 1.83. The number of hydrogen-bond donors (Lipinski definition) is 2. The number of nitrogens with zero attached hydrogens (tertiary/aromatic N) is 3. The second kappa shape index (κ2) is 2.01. The standard InChI is InChI=1S/C2H3N5O/c8-1-3-2-4-6-7-5-2/h1H,(H2,3,4,5,6,7,8). The molecule has 0 saturated carbocycles. The van der Waals surface area contributed by atoms with Crippen LogP contribution in [0.4, 0.5) is 5.95 Å². The number of aromatic amines is 1. The van der Waals surface area contributed by atoms with E-state index in [0.29, 0.717) is 6.41 Å². The van der Waals surface area contributed by atoms with Gasteiger partial charge in [0.15, 0.2) is 0 Å². The summed E-state index contributed by atoms with van der Waals surface area (Å²) in [7, 11) is 0. The molecular weight excluding hydrogens is 110 g/mol. The highest BCUT2D eigenvalue weighted by molar-refractivity contribution is 5.65. The molecule has 1 aromatic heterocycles. The van der Waals surface area contributed by atoms with E-state index in [1.807, 2.05) is 0 Å². The van der Waals surface area contributed by atoms with Gasteiger partial charge in [0.25, 0.3) is 5.95 Å². The molecule has 1 aromatic rings. The highest BCUT2D eigenvalue weighted by Gasteiger charge is 1.89. The molecule has 0 atom stereocenters. The average Bonchev–Trinajstić information content (AvgIpc) is 2.19. The Kier molecular flexibility index (Phi) is 1.18. The van der Waals surface area contributed by atoms with Crippen molar-refractivity contribution in [3.8, 4) is 0 Å². The first kappa shape index (κ1) is 4.69. The SMILES string of the molecule is O=CNc1nn[nH]n1. The third-order valence-electron chi connectivity index (χ3n) is 0.533. The van der Waals surface area contributed by atoms with Crippen LogP contribution >= 0.6 is 0 Å². The summed E-state index contributed by atoms with van der Waals surface area (Å²) in [5.41, 5.74) is 0. The minimum absolute atomic E-state index is 0.181. The van der Waals surface area contributed by atoms with Gasteiger partial charge < -0.3 is 0 Å². The zero-order chi connectivity index (χ0) is 5.82. The molecule has 6 nitrogen and oxygen atoms in total. The molecule has 8 heavy (non-hydrogen) atoms. The maximum absolute atomic E-state index is 9.64. The summed E-state index contributed by atoms with van der Waals surface area (Å²) in [6, 6.07) is 0. The van der Waals surface area contributed by atoms with Crippen LogP contribution in [0.25, 0.3) is 0 Å². The monoisotopic (exact) mass is 113 g/mol. The molecule has 0 aliphatic heterocycles. The van der Waals surface area contributed by atoms with E-state index in [0.717, 1.165) is 0 Å². The molecule has 2 N–H and O–H groups in total. The topological polar surface area (TPSA) is 83.6 Å². The van der Waals surface area contributed by atoms with Crippen molar-refractivity contribution < 1.29 is 4.79 Å². The minimum Gasteiger partial charge on any atom is -0.295 e. The van der Waals surface area contributed by atoms with Crippen molar-refractivity contribution >= 4 is 12.4 Å². The Hall–Kier alpha value is -1.46. The summed E-state index contributed by atoms with van der Waals surface area (Å²) < 4.78 is 0. The molecule has 0 spiro atoms. The zero-order valence-corrected chi connectivity index (χ0v) is 3.83. The van der Waals surface area contributed by atoms with Gasteiger partial charge in [0.1, 0.15) is 0 Å². The van der Waals surface area contributed by atoms with Gasteiger partial charge in [0, 0.05) is 0 Å². The van der Waals surface area contributed by atoms with Crippen LogP contribution in [0.1, 0.15) is 0 Å². The van der Waals surface area contributed by atoms with Gasteiger partial charge in [0.05, 0.1) is 0 Å². The summed E-state index contributed by atoms with van der Waals surface area (Å²) in [5.74, 6) is 0.181. The predicted octanol–water partition coefficient (Wildman–Crippen LogP) is -1.23. The first-order valence-electron chi connectivity index (χ1n) is 1.87. The summed E-state index contributed by atoms with van der Waals surface area (Å²) in [6.07, 6.45) is 0.477. The molecule has 0 aliphatic rings. The van der Waals surface area contributed by atoms with E-state index in [-0.39, 0.29) is 5.95 Å². The molecule has 42 valence electrons. The highest BCUT2D eigenvalue weighted by atomic mass is 16.1. The molecule has 1 heterocycles. The molecule has 0 fully saturated rings. The van der Waals surface area contributed by atoms with Crippen LogP contribution in [0.2, 0.25) is 0 Å². The zero-order valence-electron chi connectivity index (χ0n) is 3.83. The fraction of sp³-hybridized carbons (Fsp3) is 0. The van der Waals surface area contributed by atoms with E-state index in [9.17, 15) is 4.79 Å². The van der Waals surface area contributed by atoms with E-state index < -0.39 is 0 Å². The molecule has 1 amide bonds. The van der Waals surface area contributed by atoms with Gasteiger partial charge in [-0.25, -0.2) is 0 Å². The Morgan fingerprint density at radius 2 is 2.62 bits per heavy atom. The lowest BCUT2D eigenvalue weighted by atomic mass is 11.0. The number of anilines is 1. The first-order chi connectivity index (χ1) is 3.93. The minimum atomic E-state index is 0.181. The Bertz CT molecular complexity index is 157. The third kappa shape index (κ3) is 0.780. The van der Waals surface area contributed by atoms with Crippen LogP contribution in [0.3, 0.4) is 0 Å². The van der Waals surface area contributed by atoms with E-state index in [1.165, 1.54) is 0 Å². The fourth-order valence-electron chi connectivity index (χ4n) is 0.276. The lowest BCUT2D eigenvalue weighted by molar-refractivity contribution is -0.105. The maximum atomic E-state index is 9.64. The van der Waals surface area contributed by atoms with Crippen molar-refractivity contribution in [2.45, 2.75) is 0 Å². The van der Waals surface area contributed by atoms with Gasteiger partial charge in [-0.3, -0.25) is 10.1 Å².